The number of phenols is 2. The summed E-state index contributed by atoms with van der Waals surface area (Å²) in [5.41, 5.74) is 5.45. The number of fused-ring (bicyclic) bond motifs is 2. The van der Waals surface area contributed by atoms with Gasteiger partial charge in [-0.1, -0.05) is 38.1 Å². The van der Waals surface area contributed by atoms with Crippen LogP contribution in [-0.4, -0.2) is 80.6 Å². The summed E-state index contributed by atoms with van der Waals surface area (Å²) >= 11 is 0. The summed E-state index contributed by atoms with van der Waals surface area (Å²) in [7, 11) is 3.60. The van der Waals surface area contributed by atoms with E-state index >= 15 is 0 Å². The molecule has 0 unspecified atom stereocenters. The van der Waals surface area contributed by atoms with Crippen molar-refractivity contribution in [1.82, 2.24) is 30.0 Å². The van der Waals surface area contributed by atoms with E-state index in [2.05, 4.69) is 30.7 Å². The van der Waals surface area contributed by atoms with Crippen LogP contribution in [0, 0.1) is 5.92 Å². The fraction of sp³-hybridized carbons (Fsp3) is 0.289. The van der Waals surface area contributed by atoms with Crippen LogP contribution in [0.25, 0.3) is 17.1 Å². The molecule has 6 aromatic rings. The summed E-state index contributed by atoms with van der Waals surface area (Å²) < 4.78 is 7.44. The van der Waals surface area contributed by atoms with Crippen LogP contribution < -0.4 is 35.8 Å². The van der Waals surface area contributed by atoms with Crippen molar-refractivity contribution in [3.8, 4) is 34.3 Å². The molecule has 2 aliphatic heterocycles. The number of aromatic amines is 1. The van der Waals surface area contributed by atoms with Gasteiger partial charge in [0.05, 0.1) is 41.0 Å². The largest absolute Gasteiger partial charge is 0.508 e. The highest BCUT2D eigenvalue weighted by Gasteiger charge is 2.30. The SMILES string of the molecule is CCOc1cc(N2CCC(C(=O)NCc3ccc(-n4c(-c5cc(C(C)C)c(O)cc5O)n[nH]c4=O)cc3)CC2)ccc1Nc1ncc2c(n1)N(C)c1ccccc1C(=O)N2C. The maximum absolute atomic E-state index is 13.3. The Balaban J connectivity index is 0.889. The minimum absolute atomic E-state index is 0.0131. The van der Waals surface area contributed by atoms with Gasteiger partial charge in [0.1, 0.15) is 22.9 Å². The molecule has 4 heterocycles. The Morgan fingerprint density at radius 1 is 0.902 bits per heavy atom. The quantitative estimate of drug-likeness (QED) is 0.0943. The van der Waals surface area contributed by atoms with Crippen molar-refractivity contribution in [3.63, 3.8) is 0 Å². The lowest BCUT2D eigenvalue weighted by Gasteiger charge is -2.33. The minimum Gasteiger partial charge on any atom is -0.508 e. The lowest BCUT2D eigenvalue weighted by atomic mass is 9.95. The number of benzene rings is 4. The Hall–Kier alpha value is -7.36. The lowest BCUT2D eigenvalue weighted by Crippen LogP contribution is -2.40. The number of aromatic hydroxyl groups is 2. The maximum Gasteiger partial charge on any atom is 0.348 e. The Morgan fingerprint density at radius 2 is 1.64 bits per heavy atom. The monoisotopic (exact) mass is 824 g/mol. The third-order valence-corrected chi connectivity index (χ3v) is 11.3. The van der Waals surface area contributed by atoms with E-state index in [1.165, 1.54) is 10.6 Å². The van der Waals surface area contributed by atoms with Gasteiger partial charge in [-0.05, 0) is 79.3 Å². The first kappa shape index (κ1) is 40.4. The molecule has 314 valence electrons. The molecule has 4 aromatic carbocycles. The van der Waals surface area contributed by atoms with E-state index in [0.29, 0.717) is 90.4 Å². The average molecular weight is 825 g/mol. The molecule has 0 spiro atoms. The number of hydrogen-bond acceptors (Lipinski definition) is 12. The average Bonchev–Trinajstić information content (AvgIpc) is 3.63. The molecule has 0 radical (unpaired) electrons. The zero-order valence-corrected chi connectivity index (χ0v) is 34.6. The highest BCUT2D eigenvalue weighted by atomic mass is 16.5. The number of rotatable bonds is 11. The number of carbonyl (C=O) groups excluding carboxylic acids is 2. The Morgan fingerprint density at radius 3 is 2.38 bits per heavy atom. The predicted molar refractivity (Wildman–Crippen MR) is 234 cm³/mol. The van der Waals surface area contributed by atoms with E-state index in [1.54, 1.807) is 42.4 Å². The number of aromatic nitrogens is 5. The van der Waals surface area contributed by atoms with E-state index in [1.807, 2.05) is 81.2 Å². The zero-order chi connectivity index (χ0) is 42.9. The molecular formula is C45H48N10O6. The topological polar surface area (TPSA) is 194 Å². The van der Waals surface area contributed by atoms with E-state index in [0.717, 1.165) is 16.9 Å². The fourth-order valence-electron chi connectivity index (χ4n) is 7.92. The molecule has 2 aromatic heterocycles. The second kappa shape index (κ2) is 16.7. The minimum atomic E-state index is -0.480. The van der Waals surface area contributed by atoms with Crippen LogP contribution >= 0.6 is 0 Å². The van der Waals surface area contributed by atoms with Crippen LogP contribution in [0.2, 0.25) is 0 Å². The number of ether oxygens (including phenoxy) is 1. The molecule has 0 bridgehead atoms. The number of H-pyrrole nitrogens is 1. The van der Waals surface area contributed by atoms with Gasteiger partial charge >= 0.3 is 5.69 Å². The van der Waals surface area contributed by atoms with Gasteiger partial charge < -0.3 is 40.3 Å². The molecule has 2 aliphatic rings. The number of hydrogen-bond donors (Lipinski definition) is 5. The lowest BCUT2D eigenvalue weighted by molar-refractivity contribution is -0.125. The molecule has 61 heavy (non-hydrogen) atoms. The van der Waals surface area contributed by atoms with Gasteiger partial charge in [0.25, 0.3) is 5.91 Å². The van der Waals surface area contributed by atoms with Crippen LogP contribution in [0.4, 0.5) is 34.5 Å². The number of nitrogens with one attached hydrogen (secondary N) is 3. The number of anilines is 6. The molecule has 0 atom stereocenters. The van der Waals surface area contributed by atoms with E-state index in [-0.39, 0.29) is 41.0 Å². The third kappa shape index (κ3) is 7.91. The molecular weight excluding hydrogens is 777 g/mol. The summed E-state index contributed by atoms with van der Waals surface area (Å²) in [6.07, 6.45) is 3.01. The van der Waals surface area contributed by atoms with Gasteiger partial charge in [0.2, 0.25) is 11.9 Å². The summed E-state index contributed by atoms with van der Waals surface area (Å²) in [5, 5.41) is 34.0. The van der Waals surface area contributed by atoms with Gasteiger partial charge in [-0.15, -0.1) is 0 Å². The van der Waals surface area contributed by atoms with Crippen molar-refractivity contribution in [1.29, 1.82) is 0 Å². The number of phenolic OH excluding ortho intramolecular Hbond substituents is 2. The third-order valence-electron chi connectivity index (χ3n) is 11.3. The normalized spacial score (nSPS) is 14.1. The zero-order valence-electron chi connectivity index (χ0n) is 34.6. The molecule has 2 amide bonds. The van der Waals surface area contributed by atoms with E-state index in [4.69, 9.17) is 9.72 Å². The number of amides is 2. The molecule has 5 N–H and O–H groups in total. The van der Waals surface area contributed by atoms with Crippen LogP contribution in [0.3, 0.4) is 0 Å². The van der Waals surface area contributed by atoms with Crippen molar-refractivity contribution in [2.75, 3.05) is 53.8 Å². The Kier molecular flexibility index (Phi) is 11.1. The van der Waals surface area contributed by atoms with E-state index in [9.17, 15) is 24.6 Å². The standard InChI is InChI=1S/C45H48N10O6/c1-6-61-39-21-30(15-16-34(39)48-44-47-25-36-41(49-44)52(4)35-10-8-7-9-31(35)43(59)53(36)5)54-19-17-28(18-20-54)42(58)46-24-27-11-13-29(14-12-27)55-40(50-51-45(55)60)33-22-32(26(2)3)37(56)23-38(33)57/h7-16,21-23,25-26,28,56-57H,6,17-20,24H2,1-5H3,(H,46,58)(H,51,60)(H,47,48,49). The molecule has 8 rings (SSSR count). The highest BCUT2D eigenvalue weighted by molar-refractivity contribution is 6.13. The van der Waals surface area contributed by atoms with Crippen LogP contribution in [0.1, 0.15) is 61.0 Å². The number of carbonyl (C=O) groups is 2. The second-order valence-corrected chi connectivity index (χ2v) is 15.5. The summed E-state index contributed by atoms with van der Waals surface area (Å²) in [5.74, 6) is 1.26. The van der Waals surface area contributed by atoms with Crippen LogP contribution in [-0.2, 0) is 11.3 Å². The van der Waals surface area contributed by atoms with Crippen molar-refractivity contribution >= 4 is 46.3 Å². The fourth-order valence-corrected chi connectivity index (χ4v) is 7.92. The Labute approximate surface area is 352 Å². The molecule has 0 saturated carbocycles. The van der Waals surface area contributed by atoms with Crippen LogP contribution in [0.15, 0.2) is 89.9 Å². The van der Waals surface area contributed by atoms with Crippen LogP contribution in [0.5, 0.6) is 17.2 Å². The van der Waals surface area contributed by atoms with Crippen molar-refractivity contribution in [2.24, 2.45) is 5.92 Å². The predicted octanol–water partition coefficient (Wildman–Crippen LogP) is 6.59. The smallest absolute Gasteiger partial charge is 0.348 e. The van der Waals surface area contributed by atoms with Gasteiger partial charge in [0.15, 0.2) is 11.6 Å². The van der Waals surface area contributed by atoms with Crippen molar-refractivity contribution < 1.29 is 24.5 Å². The van der Waals surface area contributed by atoms with E-state index < -0.39 is 5.69 Å². The van der Waals surface area contributed by atoms with Crippen molar-refractivity contribution in [3.05, 3.63) is 112 Å². The van der Waals surface area contributed by atoms with Crippen molar-refractivity contribution in [2.45, 2.75) is 46.1 Å². The Bertz CT molecular complexity index is 2670. The number of para-hydroxylation sites is 1. The van der Waals surface area contributed by atoms with Gasteiger partial charge in [0, 0.05) is 57.5 Å². The number of nitrogens with zero attached hydrogens (tertiary/aromatic N) is 7. The first-order valence-corrected chi connectivity index (χ1v) is 20.3. The summed E-state index contributed by atoms with van der Waals surface area (Å²) in [6, 6.07) is 23.5. The molecule has 1 fully saturated rings. The molecule has 16 heteroatoms. The molecule has 0 aliphatic carbocycles. The highest BCUT2D eigenvalue weighted by Crippen LogP contribution is 2.40. The number of piperidine rings is 1. The second-order valence-electron chi connectivity index (χ2n) is 15.5. The molecule has 16 nitrogen and oxygen atoms in total. The van der Waals surface area contributed by atoms with Gasteiger partial charge in [-0.3, -0.25) is 9.59 Å². The summed E-state index contributed by atoms with van der Waals surface area (Å²) in [4.78, 5) is 54.5. The summed E-state index contributed by atoms with van der Waals surface area (Å²) in [6.45, 7) is 7.92. The van der Waals surface area contributed by atoms with Gasteiger partial charge in [-0.2, -0.15) is 10.1 Å². The van der Waals surface area contributed by atoms with Gasteiger partial charge in [-0.25, -0.2) is 19.4 Å². The molecule has 1 saturated heterocycles. The first-order valence-electron chi connectivity index (χ1n) is 20.3. The maximum atomic E-state index is 13.3. The first-order chi connectivity index (χ1) is 29.4.